The van der Waals surface area contributed by atoms with Gasteiger partial charge in [0, 0.05) is 6.54 Å². The average molecular weight is 306 g/mol. The summed E-state index contributed by atoms with van der Waals surface area (Å²) in [6.45, 7) is 5.12. The van der Waals surface area contributed by atoms with Gasteiger partial charge in [-0.25, -0.2) is 0 Å². The minimum absolute atomic E-state index is 0.0823. The smallest absolute Gasteiger partial charge is 0.290 e. The summed E-state index contributed by atoms with van der Waals surface area (Å²) in [4.78, 5) is 14.3. The molecule has 21 heavy (non-hydrogen) atoms. The number of nitrogens with zero attached hydrogens (tertiary/aromatic N) is 4. The van der Waals surface area contributed by atoms with Crippen LogP contribution in [0.15, 0.2) is 16.5 Å². The van der Waals surface area contributed by atoms with Gasteiger partial charge in [0.1, 0.15) is 11.6 Å². The van der Waals surface area contributed by atoms with E-state index in [4.69, 9.17) is 4.42 Å². The minimum Gasteiger partial charge on any atom is -0.455 e. The largest absolute Gasteiger partial charge is 0.455 e. The summed E-state index contributed by atoms with van der Waals surface area (Å²) in [5, 5.41) is 8.25. The number of fused-ring (bicyclic) bond motifs is 1. The molecule has 2 aromatic rings. The lowest BCUT2D eigenvalue weighted by Gasteiger charge is -2.31. The zero-order chi connectivity index (χ0) is 15.0. The van der Waals surface area contributed by atoms with E-state index in [1.165, 1.54) is 0 Å². The highest BCUT2D eigenvalue weighted by molar-refractivity contribution is 7.97. The molecule has 0 aromatic carbocycles. The Morgan fingerprint density at radius 2 is 2.29 bits per heavy atom. The van der Waals surface area contributed by atoms with Crippen LogP contribution in [0.25, 0.3) is 0 Å². The Hall–Kier alpha value is -1.76. The number of thioether (sulfide) groups is 1. The van der Waals surface area contributed by atoms with E-state index < -0.39 is 0 Å². The van der Waals surface area contributed by atoms with E-state index in [-0.39, 0.29) is 11.9 Å². The second-order valence-corrected chi connectivity index (χ2v) is 6.13. The molecule has 0 unspecified atom stereocenters. The van der Waals surface area contributed by atoms with Gasteiger partial charge in [-0.05, 0) is 32.2 Å². The van der Waals surface area contributed by atoms with Gasteiger partial charge < -0.3 is 13.9 Å². The highest BCUT2D eigenvalue weighted by Gasteiger charge is 2.29. The number of hydrogen-bond donors (Lipinski definition) is 0. The zero-order valence-electron chi connectivity index (χ0n) is 12.4. The predicted octanol–water partition coefficient (Wildman–Crippen LogP) is 2.26. The summed E-state index contributed by atoms with van der Waals surface area (Å²) in [6, 6.07) is 3.79. The monoisotopic (exact) mass is 306 g/mol. The molecule has 0 fully saturated rings. The summed E-state index contributed by atoms with van der Waals surface area (Å²) >= 11 is 1.67. The minimum atomic E-state index is -0.0823. The van der Waals surface area contributed by atoms with E-state index in [9.17, 15) is 4.79 Å². The number of amides is 1. The van der Waals surface area contributed by atoms with Crippen molar-refractivity contribution in [3.63, 3.8) is 0 Å². The maximum absolute atomic E-state index is 12.5. The molecule has 0 radical (unpaired) electrons. The summed E-state index contributed by atoms with van der Waals surface area (Å²) < 4.78 is 7.70. The number of aryl methyl sites for hydroxylation is 1. The fourth-order valence-corrected chi connectivity index (χ4v) is 3.19. The number of hydrogen-bond acceptors (Lipinski definition) is 5. The van der Waals surface area contributed by atoms with Gasteiger partial charge in [0.2, 0.25) is 0 Å². The van der Waals surface area contributed by atoms with Crippen LogP contribution in [0.2, 0.25) is 0 Å². The van der Waals surface area contributed by atoms with Gasteiger partial charge in [0.25, 0.3) is 5.91 Å². The first-order chi connectivity index (χ1) is 10.1. The van der Waals surface area contributed by atoms with Gasteiger partial charge in [-0.3, -0.25) is 4.79 Å². The standard InChI is InChI=1S/C14H18N4O2S/c1-9-6-17(7-13-16-15-10(2)18(9)13)14(19)12-5-4-11(20-12)8-21-3/h4-5,9H,6-8H2,1-3H3/t9-/m0/s1. The molecule has 1 atom stereocenters. The van der Waals surface area contributed by atoms with Crippen LogP contribution in [0.3, 0.4) is 0 Å². The average Bonchev–Trinajstić information content (AvgIpc) is 3.06. The summed E-state index contributed by atoms with van der Waals surface area (Å²) in [5.74, 6) is 3.64. The fraction of sp³-hybridized carbons (Fsp3) is 0.500. The first-order valence-corrected chi connectivity index (χ1v) is 8.27. The van der Waals surface area contributed by atoms with Gasteiger partial charge in [0.15, 0.2) is 11.6 Å². The third-order valence-corrected chi connectivity index (χ3v) is 4.21. The number of carbonyl (C=O) groups excluding carboxylic acids is 1. The van der Waals surface area contributed by atoms with Gasteiger partial charge in [-0.2, -0.15) is 11.8 Å². The van der Waals surface area contributed by atoms with Gasteiger partial charge >= 0.3 is 0 Å². The van der Waals surface area contributed by atoms with Crippen LogP contribution < -0.4 is 0 Å². The Morgan fingerprint density at radius 1 is 1.48 bits per heavy atom. The van der Waals surface area contributed by atoms with Gasteiger partial charge in [-0.15, -0.1) is 10.2 Å². The second-order valence-electron chi connectivity index (χ2n) is 5.27. The lowest BCUT2D eigenvalue weighted by molar-refractivity contribution is 0.0646. The SMILES string of the molecule is CSCc1ccc(C(=O)N2Cc3nnc(C)n3[C@@H](C)C2)o1. The molecule has 0 aliphatic carbocycles. The first kappa shape index (κ1) is 14.2. The molecule has 7 heteroatoms. The normalized spacial score (nSPS) is 17.9. The third kappa shape index (κ3) is 2.57. The van der Waals surface area contributed by atoms with Crippen molar-refractivity contribution < 1.29 is 9.21 Å². The van der Waals surface area contributed by atoms with Crippen molar-refractivity contribution in [3.05, 3.63) is 35.3 Å². The maximum atomic E-state index is 12.5. The Morgan fingerprint density at radius 3 is 3.05 bits per heavy atom. The topological polar surface area (TPSA) is 64.2 Å². The van der Waals surface area contributed by atoms with Crippen molar-refractivity contribution in [2.24, 2.45) is 0 Å². The van der Waals surface area contributed by atoms with Crippen molar-refractivity contribution in [1.29, 1.82) is 0 Å². The van der Waals surface area contributed by atoms with Crippen LogP contribution in [0.1, 0.15) is 40.9 Å². The van der Waals surface area contributed by atoms with Crippen molar-refractivity contribution in [1.82, 2.24) is 19.7 Å². The van der Waals surface area contributed by atoms with Gasteiger partial charge in [-0.1, -0.05) is 0 Å². The summed E-state index contributed by atoms with van der Waals surface area (Å²) in [5.41, 5.74) is 0. The Kier molecular flexibility index (Phi) is 3.75. The van der Waals surface area contributed by atoms with Crippen LogP contribution in [0.4, 0.5) is 0 Å². The molecule has 6 nitrogen and oxygen atoms in total. The highest BCUT2D eigenvalue weighted by atomic mass is 32.2. The van der Waals surface area contributed by atoms with Crippen molar-refractivity contribution >= 4 is 17.7 Å². The van der Waals surface area contributed by atoms with Crippen LogP contribution in [0, 0.1) is 6.92 Å². The molecule has 0 N–H and O–H groups in total. The molecule has 1 aliphatic rings. The van der Waals surface area contributed by atoms with Gasteiger partial charge in [0.05, 0.1) is 18.3 Å². The Labute approximate surface area is 127 Å². The summed E-state index contributed by atoms with van der Waals surface area (Å²) in [7, 11) is 0. The van der Waals surface area contributed by atoms with E-state index in [0.717, 1.165) is 23.2 Å². The van der Waals surface area contributed by atoms with E-state index >= 15 is 0 Å². The predicted molar refractivity (Wildman–Crippen MR) is 80.1 cm³/mol. The quantitative estimate of drug-likeness (QED) is 0.870. The van der Waals surface area contributed by atoms with E-state index in [1.54, 1.807) is 22.7 Å². The molecule has 1 amide bonds. The fourth-order valence-electron chi connectivity index (χ4n) is 2.75. The number of furan rings is 1. The van der Waals surface area contributed by atoms with E-state index in [0.29, 0.717) is 18.8 Å². The number of aromatic nitrogens is 3. The highest BCUT2D eigenvalue weighted by Crippen LogP contribution is 2.23. The maximum Gasteiger partial charge on any atom is 0.290 e. The molecule has 0 bridgehead atoms. The molecular weight excluding hydrogens is 288 g/mol. The molecule has 2 aromatic heterocycles. The molecular formula is C14H18N4O2S. The summed E-state index contributed by atoms with van der Waals surface area (Å²) in [6.07, 6.45) is 2.01. The second kappa shape index (κ2) is 5.55. The molecule has 3 heterocycles. The molecule has 3 rings (SSSR count). The van der Waals surface area contributed by atoms with Crippen LogP contribution in [-0.4, -0.2) is 38.4 Å². The van der Waals surface area contributed by atoms with Crippen molar-refractivity contribution in [2.75, 3.05) is 12.8 Å². The first-order valence-electron chi connectivity index (χ1n) is 6.87. The molecule has 112 valence electrons. The van der Waals surface area contributed by atoms with Crippen LogP contribution in [0.5, 0.6) is 0 Å². The molecule has 0 saturated heterocycles. The Bertz CT molecular complexity index is 664. The number of carbonyl (C=O) groups is 1. The Balaban J connectivity index is 1.80. The van der Waals surface area contributed by atoms with Crippen molar-refractivity contribution in [2.45, 2.75) is 32.2 Å². The lowest BCUT2D eigenvalue weighted by atomic mass is 10.2. The van der Waals surface area contributed by atoms with Crippen LogP contribution in [-0.2, 0) is 12.3 Å². The van der Waals surface area contributed by atoms with E-state index in [2.05, 4.69) is 21.7 Å². The van der Waals surface area contributed by atoms with E-state index in [1.807, 2.05) is 19.2 Å². The molecule has 0 spiro atoms. The molecule has 0 saturated carbocycles. The van der Waals surface area contributed by atoms with Crippen LogP contribution >= 0.6 is 11.8 Å². The molecule has 1 aliphatic heterocycles. The van der Waals surface area contributed by atoms with Crippen molar-refractivity contribution in [3.8, 4) is 0 Å². The zero-order valence-corrected chi connectivity index (χ0v) is 13.2. The third-order valence-electron chi connectivity index (χ3n) is 3.64. The number of rotatable bonds is 3. The lowest BCUT2D eigenvalue weighted by Crippen LogP contribution is -2.40.